The summed E-state index contributed by atoms with van der Waals surface area (Å²) < 4.78 is 0. The summed E-state index contributed by atoms with van der Waals surface area (Å²) in [5, 5.41) is 0. The van der Waals surface area contributed by atoms with E-state index in [-0.39, 0.29) is 5.41 Å². The molecule has 0 aromatic heterocycles. The van der Waals surface area contributed by atoms with Crippen molar-refractivity contribution in [2.45, 2.75) is 66.2 Å². The first-order valence-electron chi connectivity index (χ1n) is 13.0. The lowest BCUT2D eigenvalue weighted by Gasteiger charge is -2.35. The lowest BCUT2D eigenvalue weighted by atomic mass is 9.77. The number of benzene rings is 3. The van der Waals surface area contributed by atoms with E-state index in [1.165, 1.54) is 57.5 Å². The van der Waals surface area contributed by atoms with Gasteiger partial charge in [0.05, 0.1) is 0 Å². The molecule has 1 saturated heterocycles. The van der Waals surface area contributed by atoms with Gasteiger partial charge in [0.25, 0.3) is 0 Å². The Hall–Kier alpha value is -2.80. The SMILES string of the molecule is C=C(CC)C(C)(C)Cc1cccc(C2CCCN(c3cccc(-c4ccc(C)c(C)c4)c3)C2)c1. The number of hydrogen-bond donors (Lipinski definition) is 0. The van der Waals surface area contributed by atoms with Crippen molar-refractivity contribution in [1.29, 1.82) is 0 Å². The molecule has 1 fully saturated rings. The Morgan fingerprint density at radius 3 is 2.47 bits per heavy atom. The summed E-state index contributed by atoms with van der Waals surface area (Å²) in [6.07, 6.45) is 4.61. The molecule has 0 N–H and O–H groups in total. The predicted molar refractivity (Wildman–Crippen MR) is 149 cm³/mol. The summed E-state index contributed by atoms with van der Waals surface area (Å²) in [7, 11) is 0. The molecular formula is C33H41N. The Labute approximate surface area is 207 Å². The predicted octanol–water partition coefficient (Wildman–Crippen LogP) is 8.89. The second-order valence-electron chi connectivity index (χ2n) is 10.9. The third-order valence-electron chi connectivity index (χ3n) is 7.93. The molecule has 0 bridgehead atoms. The van der Waals surface area contributed by atoms with E-state index in [0.29, 0.717) is 5.92 Å². The third-order valence-corrected chi connectivity index (χ3v) is 7.93. The zero-order valence-electron chi connectivity index (χ0n) is 21.8. The van der Waals surface area contributed by atoms with Crippen molar-refractivity contribution in [2.24, 2.45) is 5.41 Å². The summed E-state index contributed by atoms with van der Waals surface area (Å²) in [4.78, 5) is 2.59. The van der Waals surface area contributed by atoms with Crippen LogP contribution in [-0.2, 0) is 6.42 Å². The van der Waals surface area contributed by atoms with Gasteiger partial charge in [-0.2, -0.15) is 0 Å². The van der Waals surface area contributed by atoms with E-state index < -0.39 is 0 Å². The molecule has 1 heteroatoms. The zero-order valence-corrected chi connectivity index (χ0v) is 21.8. The van der Waals surface area contributed by atoms with Crippen molar-refractivity contribution in [3.8, 4) is 11.1 Å². The molecule has 0 radical (unpaired) electrons. The summed E-state index contributed by atoms with van der Waals surface area (Å²) in [6.45, 7) is 17.8. The lowest BCUT2D eigenvalue weighted by Crippen LogP contribution is -2.34. The standard InChI is InChI=1S/C33H41N/c1-7-26(4)33(5,6)22-27-11-8-12-28(20-27)31-14-10-18-34(23-31)32-15-9-13-29(21-32)30-17-16-24(2)25(3)19-30/h8-9,11-13,15-17,19-21,31H,4,7,10,14,18,22-23H2,1-3,5-6H3. The first-order valence-corrected chi connectivity index (χ1v) is 13.0. The zero-order chi connectivity index (χ0) is 24.3. The molecule has 3 aromatic carbocycles. The van der Waals surface area contributed by atoms with Gasteiger partial charge in [0.1, 0.15) is 0 Å². The number of rotatable bonds is 7. The maximum absolute atomic E-state index is 4.33. The van der Waals surface area contributed by atoms with Crippen molar-refractivity contribution >= 4 is 5.69 Å². The van der Waals surface area contributed by atoms with Gasteiger partial charge in [0.2, 0.25) is 0 Å². The van der Waals surface area contributed by atoms with E-state index in [1.807, 2.05) is 0 Å². The number of allylic oxidation sites excluding steroid dienone is 1. The molecular weight excluding hydrogens is 410 g/mol. The van der Waals surface area contributed by atoms with Crippen molar-refractivity contribution in [1.82, 2.24) is 0 Å². The molecule has 1 aliphatic rings. The summed E-state index contributed by atoms with van der Waals surface area (Å²) >= 11 is 0. The van der Waals surface area contributed by atoms with E-state index in [9.17, 15) is 0 Å². The Balaban J connectivity index is 1.52. The first-order chi connectivity index (χ1) is 16.3. The van der Waals surface area contributed by atoms with Gasteiger partial charge in [-0.15, -0.1) is 0 Å². The van der Waals surface area contributed by atoms with Gasteiger partial charge in [-0.1, -0.05) is 87.5 Å². The van der Waals surface area contributed by atoms with Gasteiger partial charge >= 0.3 is 0 Å². The second-order valence-corrected chi connectivity index (χ2v) is 10.9. The van der Waals surface area contributed by atoms with Crippen LogP contribution in [0.25, 0.3) is 11.1 Å². The van der Waals surface area contributed by atoms with Gasteiger partial charge in [0.15, 0.2) is 0 Å². The quantitative estimate of drug-likeness (QED) is 0.324. The monoisotopic (exact) mass is 451 g/mol. The van der Waals surface area contributed by atoms with Gasteiger partial charge in [-0.25, -0.2) is 0 Å². The fourth-order valence-corrected chi connectivity index (χ4v) is 5.36. The number of piperidine rings is 1. The average molecular weight is 452 g/mol. The van der Waals surface area contributed by atoms with Crippen LogP contribution in [0.15, 0.2) is 78.9 Å². The highest BCUT2D eigenvalue weighted by atomic mass is 15.1. The number of hydrogen-bond acceptors (Lipinski definition) is 1. The minimum Gasteiger partial charge on any atom is -0.371 e. The second kappa shape index (κ2) is 10.2. The van der Waals surface area contributed by atoms with E-state index in [4.69, 9.17) is 0 Å². The maximum Gasteiger partial charge on any atom is 0.0372 e. The summed E-state index contributed by atoms with van der Waals surface area (Å²) in [5.74, 6) is 0.580. The highest BCUT2D eigenvalue weighted by Crippen LogP contribution is 2.35. The number of anilines is 1. The fourth-order valence-electron chi connectivity index (χ4n) is 5.36. The van der Waals surface area contributed by atoms with Crippen LogP contribution in [0.5, 0.6) is 0 Å². The van der Waals surface area contributed by atoms with Gasteiger partial charge < -0.3 is 4.90 Å². The molecule has 1 heterocycles. The molecule has 0 spiro atoms. The Morgan fingerprint density at radius 1 is 0.941 bits per heavy atom. The molecule has 0 saturated carbocycles. The van der Waals surface area contributed by atoms with Crippen LogP contribution in [0.1, 0.15) is 68.2 Å². The van der Waals surface area contributed by atoms with Crippen LogP contribution in [0.3, 0.4) is 0 Å². The molecule has 1 nitrogen and oxygen atoms in total. The van der Waals surface area contributed by atoms with E-state index in [0.717, 1.165) is 25.9 Å². The molecule has 0 aliphatic carbocycles. The van der Waals surface area contributed by atoms with Crippen LogP contribution in [0.4, 0.5) is 5.69 Å². The van der Waals surface area contributed by atoms with Gasteiger partial charge in [0, 0.05) is 24.7 Å². The highest BCUT2D eigenvalue weighted by molar-refractivity contribution is 5.69. The van der Waals surface area contributed by atoms with E-state index >= 15 is 0 Å². The molecule has 1 aliphatic heterocycles. The fraction of sp³-hybridized carbons (Fsp3) is 0.394. The van der Waals surface area contributed by atoms with Gasteiger partial charge in [-0.05, 0) is 90.5 Å². The van der Waals surface area contributed by atoms with Gasteiger partial charge in [-0.3, -0.25) is 0 Å². The number of nitrogens with zero attached hydrogens (tertiary/aromatic N) is 1. The summed E-state index contributed by atoms with van der Waals surface area (Å²) in [6, 6.07) is 25.3. The lowest BCUT2D eigenvalue weighted by molar-refractivity contribution is 0.432. The molecule has 0 amide bonds. The smallest absolute Gasteiger partial charge is 0.0372 e. The third kappa shape index (κ3) is 5.46. The Bertz CT molecular complexity index is 1150. The number of aryl methyl sites for hydroxylation is 2. The van der Waals surface area contributed by atoms with E-state index in [1.54, 1.807) is 0 Å². The largest absolute Gasteiger partial charge is 0.371 e. The van der Waals surface area contributed by atoms with Crippen LogP contribution in [0, 0.1) is 19.3 Å². The Morgan fingerprint density at radius 2 is 1.71 bits per heavy atom. The van der Waals surface area contributed by atoms with Crippen molar-refractivity contribution in [3.05, 3.63) is 101 Å². The molecule has 4 rings (SSSR count). The highest BCUT2D eigenvalue weighted by Gasteiger charge is 2.24. The minimum atomic E-state index is 0.140. The normalized spacial score (nSPS) is 16.5. The summed E-state index contributed by atoms with van der Waals surface area (Å²) in [5.41, 5.74) is 11.1. The molecule has 34 heavy (non-hydrogen) atoms. The van der Waals surface area contributed by atoms with Crippen LogP contribution in [0.2, 0.25) is 0 Å². The van der Waals surface area contributed by atoms with E-state index in [2.05, 4.69) is 113 Å². The maximum atomic E-state index is 4.33. The molecule has 3 aromatic rings. The molecule has 1 atom stereocenters. The van der Waals surface area contributed by atoms with Crippen molar-refractivity contribution < 1.29 is 0 Å². The minimum absolute atomic E-state index is 0.140. The molecule has 1 unspecified atom stereocenters. The van der Waals surface area contributed by atoms with Crippen LogP contribution < -0.4 is 4.90 Å². The average Bonchev–Trinajstić information content (AvgIpc) is 2.85. The molecule has 178 valence electrons. The Kier molecular flexibility index (Phi) is 7.31. The van der Waals surface area contributed by atoms with Crippen molar-refractivity contribution in [2.75, 3.05) is 18.0 Å². The topological polar surface area (TPSA) is 3.24 Å². The van der Waals surface area contributed by atoms with Crippen LogP contribution >= 0.6 is 0 Å². The van der Waals surface area contributed by atoms with Crippen molar-refractivity contribution in [3.63, 3.8) is 0 Å². The van der Waals surface area contributed by atoms with Crippen LogP contribution in [-0.4, -0.2) is 13.1 Å². The first kappa shape index (κ1) is 24.3.